The second kappa shape index (κ2) is 9.39. The number of nitrogens with zero attached hydrogens (tertiary/aromatic N) is 2. The number of methoxy groups -OCH3 is 2. The molecule has 0 atom stereocenters. The standard InChI is InChI=1S/C18H24N4O2/c1-19-18(21-12-10-15-8-4-5-11-20-15)22-13-14-7-6-9-16(23-2)17(14)24-3/h4-9,11H,10,12-13H2,1-3H3,(H2,19,21,22). The van der Waals surface area contributed by atoms with E-state index in [0.717, 1.165) is 41.7 Å². The summed E-state index contributed by atoms with van der Waals surface area (Å²) in [4.78, 5) is 8.54. The van der Waals surface area contributed by atoms with E-state index in [1.54, 1.807) is 27.5 Å². The van der Waals surface area contributed by atoms with E-state index in [0.29, 0.717) is 6.54 Å². The zero-order valence-corrected chi connectivity index (χ0v) is 14.4. The average Bonchev–Trinajstić information content (AvgIpc) is 2.64. The minimum Gasteiger partial charge on any atom is -0.493 e. The molecule has 0 saturated heterocycles. The number of hydrogen-bond donors (Lipinski definition) is 2. The molecule has 2 aromatic rings. The van der Waals surface area contributed by atoms with Crippen molar-refractivity contribution in [2.75, 3.05) is 27.8 Å². The van der Waals surface area contributed by atoms with Gasteiger partial charge in [0.15, 0.2) is 17.5 Å². The van der Waals surface area contributed by atoms with E-state index < -0.39 is 0 Å². The van der Waals surface area contributed by atoms with E-state index in [2.05, 4.69) is 20.6 Å². The number of benzene rings is 1. The molecule has 24 heavy (non-hydrogen) atoms. The Morgan fingerprint density at radius 2 is 1.96 bits per heavy atom. The lowest BCUT2D eigenvalue weighted by molar-refractivity contribution is 0.351. The largest absolute Gasteiger partial charge is 0.493 e. The lowest BCUT2D eigenvalue weighted by Crippen LogP contribution is -2.38. The van der Waals surface area contributed by atoms with Crippen LogP contribution in [0, 0.1) is 0 Å². The van der Waals surface area contributed by atoms with Crippen LogP contribution < -0.4 is 20.1 Å². The summed E-state index contributed by atoms with van der Waals surface area (Å²) in [7, 11) is 5.02. The monoisotopic (exact) mass is 328 g/mol. The summed E-state index contributed by atoms with van der Waals surface area (Å²) in [5.41, 5.74) is 2.06. The molecular weight excluding hydrogens is 304 g/mol. The van der Waals surface area contributed by atoms with Crippen LogP contribution in [-0.2, 0) is 13.0 Å². The second-order valence-electron chi connectivity index (χ2n) is 5.08. The Morgan fingerprint density at radius 1 is 1.08 bits per heavy atom. The second-order valence-corrected chi connectivity index (χ2v) is 5.08. The number of guanidine groups is 1. The molecule has 0 saturated carbocycles. The Labute approximate surface area is 142 Å². The van der Waals surface area contributed by atoms with Gasteiger partial charge in [-0.3, -0.25) is 9.98 Å². The van der Waals surface area contributed by atoms with Gasteiger partial charge >= 0.3 is 0 Å². The van der Waals surface area contributed by atoms with E-state index in [1.807, 2.05) is 36.4 Å². The van der Waals surface area contributed by atoms with Gasteiger partial charge < -0.3 is 20.1 Å². The molecule has 6 heteroatoms. The number of aromatic nitrogens is 1. The van der Waals surface area contributed by atoms with Crippen molar-refractivity contribution in [3.8, 4) is 11.5 Å². The molecule has 0 bridgehead atoms. The van der Waals surface area contributed by atoms with Gasteiger partial charge in [0, 0.05) is 44.0 Å². The van der Waals surface area contributed by atoms with E-state index >= 15 is 0 Å². The number of nitrogens with one attached hydrogen (secondary N) is 2. The van der Waals surface area contributed by atoms with Crippen molar-refractivity contribution >= 4 is 5.96 Å². The Balaban J connectivity index is 1.88. The van der Waals surface area contributed by atoms with Crippen LogP contribution in [0.4, 0.5) is 0 Å². The summed E-state index contributed by atoms with van der Waals surface area (Å²) in [5, 5.41) is 6.56. The molecule has 0 spiro atoms. The predicted octanol–water partition coefficient (Wildman–Crippen LogP) is 2.01. The number of pyridine rings is 1. The molecular formula is C18H24N4O2. The average molecular weight is 328 g/mol. The highest BCUT2D eigenvalue weighted by molar-refractivity contribution is 5.79. The first-order valence-electron chi connectivity index (χ1n) is 7.82. The van der Waals surface area contributed by atoms with Crippen molar-refractivity contribution in [3.63, 3.8) is 0 Å². The van der Waals surface area contributed by atoms with Gasteiger partial charge in [0.1, 0.15) is 0 Å². The van der Waals surface area contributed by atoms with Crippen LogP contribution in [-0.4, -0.2) is 38.8 Å². The molecule has 0 radical (unpaired) electrons. The zero-order valence-electron chi connectivity index (χ0n) is 14.4. The number of rotatable bonds is 7. The van der Waals surface area contributed by atoms with E-state index in [1.165, 1.54) is 0 Å². The molecule has 0 aliphatic carbocycles. The maximum absolute atomic E-state index is 5.44. The molecule has 0 aliphatic rings. The number of hydrogen-bond acceptors (Lipinski definition) is 4. The van der Waals surface area contributed by atoms with Crippen molar-refractivity contribution in [2.45, 2.75) is 13.0 Å². The fraction of sp³-hybridized carbons (Fsp3) is 0.333. The maximum atomic E-state index is 5.44. The number of ether oxygens (including phenoxy) is 2. The van der Waals surface area contributed by atoms with Gasteiger partial charge in [-0.15, -0.1) is 0 Å². The van der Waals surface area contributed by atoms with Crippen molar-refractivity contribution in [3.05, 3.63) is 53.9 Å². The van der Waals surface area contributed by atoms with Gasteiger partial charge in [-0.25, -0.2) is 0 Å². The topological polar surface area (TPSA) is 67.8 Å². The summed E-state index contributed by atoms with van der Waals surface area (Å²) in [6, 6.07) is 11.7. The summed E-state index contributed by atoms with van der Waals surface area (Å²) in [6.07, 6.45) is 2.64. The molecule has 2 N–H and O–H groups in total. The van der Waals surface area contributed by atoms with Gasteiger partial charge in [-0.1, -0.05) is 18.2 Å². The molecule has 0 aliphatic heterocycles. The molecule has 6 nitrogen and oxygen atoms in total. The van der Waals surface area contributed by atoms with Crippen LogP contribution in [0.5, 0.6) is 11.5 Å². The minimum absolute atomic E-state index is 0.587. The van der Waals surface area contributed by atoms with Crippen LogP contribution >= 0.6 is 0 Å². The van der Waals surface area contributed by atoms with Crippen molar-refractivity contribution < 1.29 is 9.47 Å². The molecule has 2 rings (SSSR count). The van der Waals surface area contributed by atoms with Gasteiger partial charge in [0.05, 0.1) is 14.2 Å². The quantitative estimate of drug-likeness (QED) is 0.601. The minimum atomic E-state index is 0.587. The van der Waals surface area contributed by atoms with Crippen LogP contribution in [0.3, 0.4) is 0 Å². The van der Waals surface area contributed by atoms with E-state index in [9.17, 15) is 0 Å². The molecule has 128 valence electrons. The third-order valence-electron chi connectivity index (χ3n) is 3.55. The first-order valence-corrected chi connectivity index (χ1v) is 7.82. The van der Waals surface area contributed by atoms with Gasteiger partial charge in [-0.2, -0.15) is 0 Å². The lowest BCUT2D eigenvalue weighted by Gasteiger charge is -2.15. The van der Waals surface area contributed by atoms with Crippen molar-refractivity contribution in [2.24, 2.45) is 4.99 Å². The van der Waals surface area contributed by atoms with Gasteiger partial charge in [0.2, 0.25) is 0 Å². The third kappa shape index (κ3) is 4.87. The number of para-hydroxylation sites is 1. The van der Waals surface area contributed by atoms with E-state index in [4.69, 9.17) is 9.47 Å². The molecule has 1 aromatic carbocycles. The Morgan fingerprint density at radius 3 is 2.62 bits per heavy atom. The first-order chi connectivity index (χ1) is 11.8. The summed E-state index contributed by atoms with van der Waals surface area (Å²) in [6.45, 7) is 1.34. The molecule has 1 aromatic heterocycles. The normalized spacial score (nSPS) is 11.0. The SMILES string of the molecule is CN=C(NCCc1ccccn1)NCc1cccc(OC)c1OC. The van der Waals surface area contributed by atoms with Crippen molar-refractivity contribution in [1.82, 2.24) is 15.6 Å². The lowest BCUT2D eigenvalue weighted by atomic mass is 10.2. The predicted molar refractivity (Wildman–Crippen MR) is 95.7 cm³/mol. The molecule has 1 heterocycles. The summed E-state index contributed by atoms with van der Waals surface area (Å²) >= 11 is 0. The summed E-state index contributed by atoms with van der Waals surface area (Å²) in [5.74, 6) is 2.18. The molecule has 0 fully saturated rings. The highest BCUT2D eigenvalue weighted by atomic mass is 16.5. The molecule has 0 amide bonds. The summed E-state index contributed by atoms with van der Waals surface area (Å²) < 4.78 is 10.8. The van der Waals surface area contributed by atoms with Crippen LogP contribution in [0.15, 0.2) is 47.6 Å². The fourth-order valence-corrected chi connectivity index (χ4v) is 2.35. The van der Waals surface area contributed by atoms with Crippen LogP contribution in [0.2, 0.25) is 0 Å². The van der Waals surface area contributed by atoms with Crippen LogP contribution in [0.25, 0.3) is 0 Å². The Kier molecular flexibility index (Phi) is 6.89. The Bertz CT molecular complexity index is 659. The first kappa shape index (κ1) is 17.6. The highest BCUT2D eigenvalue weighted by Gasteiger charge is 2.09. The van der Waals surface area contributed by atoms with Crippen LogP contribution in [0.1, 0.15) is 11.3 Å². The van der Waals surface area contributed by atoms with Crippen molar-refractivity contribution in [1.29, 1.82) is 0 Å². The maximum Gasteiger partial charge on any atom is 0.191 e. The highest BCUT2D eigenvalue weighted by Crippen LogP contribution is 2.30. The Hall–Kier alpha value is -2.76. The smallest absolute Gasteiger partial charge is 0.191 e. The third-order valence-corrected chi connectivity index (χ3v) is 3.55. The number of aliphatic imine (C=N–C) groups is 1. The van der Waals surface area contributed by atoms with Gasteiger partial charge in [0.25, 0.3) is 0 Å². The zero-order chi connectivity index (χ0) is 17.2. The van der Waals surface area contributed by atoms with Gasteiger partial charge in [-0.05, 0) is 18.2 Å². The van der Waals surface area contributed by atoms with E-state index in [-0.39, 0.29) is 0 Å². The fourth-order valence-electron chi connectivity index (χ4n) is 2.35. The molecule has 0 unspecified atom stereocenters.